The molecule has 0 aromatic rings. The topological polar surface area (TPSA) is 161 Å². The molecular weight excluding hydrogens is 480 g/mol. The van der Waals surface area contributed by atoms with Crippen molar-refractivity contribution in [3.05, 3.63) is 0 Å². The van der Waals surface area contributed by atoms with Crippen molar-refractivity contribution in [1.82, 2.24) is 0 Å². The van der Waals surface area contributed by atoms with Crippen molar-refractivity contribution in [2.45, 2.75) is 24.7 Å². The van der Waals surface area contributed by atoms with Crippen LogP contribution in [0.15, 0.2) is 0 Å². The molecule has 0 atom stereocenters. The van der Waals surface area contributed by atoms with Gasteiger partial charge in [0.05, 0.1) is 0 Å². The molecule has 0 aliphatic rings. The molecule has 0 saturated heterocycles. The standard InChI is InChI=1S/4C2HF3O2.Si/c4*3-2(4,5)1(6)7;/h4*(H,6,7);/q;;;;+4/p-4. The number of carbonyl (C=O) groups is 4. The molecule has 168 valence electrons. The van der Waals surface area contributed by atoms with Crippen molar-refractivity contribution in [3.63, 3.8) is 0 Å². The maximum atomic E-state index is 10.5. The van der Waals surface area contributed by atoms with Gasteiger partial charge in [-0.2, -0.15) is 52.7 Å². The molecule has 0 aliphatic heterocycles. The van der Waals surface area contributed by atoms with Gasteiger partial charge in [0.2, 0.25) is 0 Å². The van der Waals surface area contributed by atoms with Crippen molar-refractivity contribution in [2.24, 2.45) is 0 Å². The van der Waals surface area contributed by atoms with E-state index in [0.717, 1.165) is 0 Å². The number of alkyl halides is 12. The molecule has 0 aliphatic carbocycles. The summed E-state index contributed by atoms with van der Waals surface area (Å²) in [4.78, 5) is 35.1. The van der Waals surface area contributed by atoms with Crippen molar-refractivity contribution < 1.29 is 92.3 Å². The normalized spacial score (nSPS) is 10.9. The summed E-state index contributed by atoms with van der Waals surface area (Å²) in [6, 6.07) is 0. The maximum absolute atomic E-state index is 10.5. The second kappa shape index (κ2) is 13.4. The predicted octanol–water partition coefficient (Wildman–Crippen LogP) is -3.19. The van der Waals surface area contributed by atoms with Crippen molar-refractivity contribution in [3.8, 4) is 0 Å². The quantitative estimate of drug-likeness (QED) is 0.259. The van der Waals surface area contributed by atoms with E-state index in [1.807, 2.05) is 0 Å². The van der Waals surface area contributed by atoms with Crippen LogP contribution in [-0.2, 0) is 19.2 Å². The van der Waals surface area contributed by atoms with Crippen LogP contribution in [0.25, 0.3) is 0 Å². The Morgan fingerprint density at radius 2 is 0.414 bits per heavy atom. The predicted molar refractivity (Wildman–Crippen MR) is 50.0 cm³/mol. The molecule has 8 nitrogen and oxygen atoms in total. The van der Waals surface area contributed by atoms with Crippen LogP contribution in [-0.4, -0.2) is 59.5 Å². The maximum Gasteiger partial charge on any atom is 4.00 e. The smallest absolute Gasteiger partial charge is 0.542 e. The number of rotatable bonds is 0. The molecule has 0 spiro atoms. The number of hydrogen-bond acceptors (Lipinski definition) is 8. The molecule has 0 radical (unpaired) electrons. The zero-order chi connectivity index (χ0) is 24.3. The van der Waals surface area contributed by atoms with E-state index in [-0.39, 0.29) is 11.0 Å². The first-order valence-corrected chi connectivity index (χ1v) is 4.90. The van der Waals surface area contributed by atoms with Gasteiger partial charge in [-0.3, -0.25) is 0 Å². The minimum absolute atomic E-state index is 0. The number of carboxylic acids is 4. The molecular formula is C8F12O8Si. The summed E-state index contributed by atoms with van der Waals surface area (Å²) >= 11 is 0. The summed E-state index contributed by atoms with van der Waals surface area (Å²) in [6.07, 6.45) is -20.8. The Morgan fingerprint density at radius 3 is 0.414 bits per heavy atom. The van der Waals surface area contributed by atoms with Gasteiger partial charge in [0, 0.05) is 0 Å². The SMILES string of the molecule is O=C([O-])C(F)(F)F.O=C([O-])C(F)(F)F.O=C([O-])C(F)(F)F.O=C([O-])C(F)(F)F.[Si+4]. The molecule has 0 bridgehead atoms. The van der Waals surface area contributed by atoms with Gasteiger partial charge in [-0.05, 0) is 0 Å². The van der Waals surface area contributed by atoms with E-state index < -0.39 is 48.6 Å². The van der Waals surface area contributed by atoms with Crippen molar-refractivity contribution in [1.29, 1.82) is 0 Å². The van der Waals surface area contributed by atoms with E-state index in [1.54, 1.807) is 0 Å². The molecule has 0 saturated carbocycles. The van der Waals surface area contributed by atoms with E-state index in [2.05, 4.69) is 0 Å². The summed E-state index contributed by atoms with van der Waals surface area (Å²) in [7, 11) is 0. The minimum Gasteiger partial charge on any atom is -0.542 e. The fourth-order valence-electron chi connectivity index (χ4n) is 0. The molecule has 0 fully saturated rings. The molecule has 0 amide bonds. The van der Waals surface area contributed by atoms with Crippen LogP contribution in [0, 0.1) is 0 Å². The molecule has 21 heteroatoms. The van der Waals surface area contributed by atoms with E-state index in [0.29, 0.717) is 0 Å². The van der Waals surface area contributed by atoms with E-state index in [9.17, 15) is 52.7 Å². The number of halogens is 12. The second-order valence-electron chi connectivity index (χ2n) is 3.14. The Labute approximate surface area is 153 Å². The molecule has 0 rings (SSSR count). The summed E-state index contributed by atoms with van der Waals surface area (Å²) in [6.45, 7) is 0. The minimum atomic E-state index is -5.19. The van der Waals surface area contributed by atoms with Crippen LogP contribution in [0.4, 0.5) is 52.7 Å². The van der Waals surface area contributed by atoms with Gasteiger partial charge >= 0.3 is 35.7 Å². The summed E-state index contributed by atoms with van der Waals surface area (Å²) in [5.41, 5.74) is 0. The number of hydrogen-bond donors (Lipinski definition) is 0. The molecule has 0 N–H and O–H groups in total. The second-order valence-corrected chi connectivity index (χ2v) is 3.14. The average Bonchev–Trinajstić information content (AvgIpc) is 2.35. The Morgan fingerprint density at radius 1 is 0.379 bits per heavy atom. The van der Waals surface area contributed by atoms with E-state index in [4.69, 9.17) is 39.6 Å². The van der Waals surface area contributed by atoms with Crippen LogP contribution in [0.1, 0.15) is 0 Å². The van der Waals surface area contributed by atoms with Crippen molar-refractivity contribution in [2.75, 3.05) is 0 Å². The molecule has 0 aromatic carbocycles. The van der Waals surface area contributed by atoms with E-state index in [1.165, 1.54) is 0 Å². The number of aliphatic carboxylic acids is 4. The van der Waals surface area contributed by atoms with Crippen LogP contribution >= 0.6 is 0 Å². The molecule has 0 aromatic heterocycles. The van der Waals surface area contributed by atoms with Crippen LogP contribution in [0.5, 0.6) is 0 Å². The fraction of sp³-hybridized carbons (Fsp3) is 0.500. The van der Waals surface area contributed by atoms with Crippen LogP contribution < -0.4 is 20.4 Å². The fourth-order valence-corrected chi connectivity index (χ4v) is 0. The first-order valence-electron chi connectivity index (χ1n) is 4.90. The summed E-state index contributed by atoms with van der Waals surface area (Å²) < 4.78 is 126. The number of carboxylic acid groups (broad SMARTS) is 4. The molecule has 29 heavy (non-hydrogen) atoms. The van der Waals surface area contributed by atoms with Gasteiger partial charge in [-0.1, -0.05) is 0 Å². The first kappa shape index (κ1) is 37.1. The summed E-state index contributed by atoms with van der Waals surface area (Å²) in [5.74, 6) is -12.0. The Bertz CT molecular complexity index is 436. The van der Waals surface area contributed by atoms with Gasteiger partial charge < -0.3 is 39.6 Å². The zero-order valence-electron chi connectivity index (χ0n) is 12.3. The Kier molecular flexibility index (Phi) is 17.2. The Balaban J connectivity index is -0.0000000873. The van der Waals surface area contributed by atoms with Crippen LogP contribution in [0.3, 0.4) is 0 Å². The summed E-state index contributed by atoms with van der Waals surface area (Å²) in [5, 5.41) is 35.1. The third-order valence-electron chi connectivity index (χ3n) is 0.926. The third kappa shape index (κ3) is 30.2. The van der Waals surface area contributed by atoms with Gasteiger partial charge in [-0.25, -0.2) is 0 Å². The monoisotopic (exact) mass is 480 g/mol. The third-order valence-corrected chi connectivity index (χ3v) is 0.926. The van der Waals surface area contributed by atoms with Gasteiger partial charge in [0.25, 0.3) is 0 Å². The van der Waals surface area contributed by atoms with Gasteiger partial charge in [0.1, 0.15) is 23.9 Å². The van der Waals surface area contributed by atoms with Gasteiger partial charge in [0.15, 0.2) is 0 Å². The Hall–Kier alpha value is -2.74. The van der Waals surface area contributed by atoms with Gasteiger partial charge in [-0.15, -0.1) is 0 Å². The molecule has 0 unspecified atom stereocenters. The van der Waals surface area contributed by atoms with Crippen molar-refractivity contribution >= 4 is 34.8 Å². The average molecular weight is 480 g/mol. The van der Waals surface area contributed by atoms with Crippen LogP contribution in [0.2, 0.25) is 0 Å². The first-order chi connectivity index (χ1) is 11.8. The zero-order valence-corrected chi connectivity index (χ0v) is 13.3. The largest absolute Gasteiger partial charge is 4.00 e. The molecule has 0 heterocycles. The van der Waals surface area contributed by atoms with E-state index >= 15 is 0 Å². The number of carbonyl (C=O) groups excluding carboxylic acids is 4.